The summed E-state index contributed by atoms with van der Waals surface area (Å²) >= 11 is 0. The largest absolute Gasteiger partial charge is 0.355 e. The van der Waals surface area contributed by atoms with Crippen molar-refractivity contribution in [1.29, 1.82) is 0 Å². The molecule has 354 valence electrons. The van der Waals surface area contributed by atoms with Crippen LogP contribution in [0.3, 0.4) is 0 Å². The first-order valence-electron chi connectivity index (χ1n) is 20.0. The van der Waals surface area contributed by atoms with Crippen molar-refractivity contribution in [2.24, 2.45) is 0 Å². The minimum absolute atomic E-state index is 0.0666. The molecule has 4 aromatic carbocycles. The molecule has 20 heteroatoms. The predicted molar refractivity (Wildman–Crippen MR) is 263 cm³/mol. The summed E-state index contributed by atoms with van der Waals surface area (Å²) in [6, 6.07) is 40.3. The number of H-pyrrole nitrogens is 2. The molecule has 0 saturated carbocycles. The zero-order valence-electron chi connectivity index (χ0n) is 36.7. The lowest BCUT2D eigenvalue weighted by atomic mass is 10.2. The number of hydrogen-bond acceptors (Lipinski definition) is 10. The van der Waals surface area contributed by atoms with Gasteiger partial charge in [-0.3, -0.25) is 18.2 Å². The van der Waals surface area contributed by atoms with E-state index in [1.807, 2.05) is 76.3 Å². The van der Waals surface area contributed by atoms with Crippen molar-refractivity contribution in [3.8, 4) is 0 Å². The average molecular weight is 999 g/mol. The summed E-state index contributed by atoms with van der Waals surface area (Å²) in [6.45, 7) is 7.36. The SMILES string of the molecule is C1=Cc2cc3ccc(cc4nc(cc5ccc(cc1n2)[nH]5)C=C4)[nH]3.Cc1ccc(S(=O)(=O)O)cc1.Cc1ccc(S(=O)(=O)O)cc1.Cc1ccc(S(=O)(=O)O)cc1.Cc1ccc(S(=O)(=O)O)cc1. The quantitative estimate of drug-likeness (QED) is 0.0896. The third-order valence-electron chi connectivity index (χ3n) is 9.32. The fraction of sp³-hybridized carbons (Fsp3) is 0.0833. The molecular weight excluding hydrogens is 953 g/mol. The van der Waals surface area contributed by atoms with E-state index in [1.165, 1.54) is 48.5 Å². The second-order valence-corrected chi connectivity index (χ2v) is 20.7. The van der Waals surface area contributed by atoms with Gasteiger partial charge in [-0.2, -0.15) is 33.7 Å². The number of nitrogens with one attached hydrogen (secondary N) is 2. The maximum Gasteiger partial charge on any atom is 0.294 e. The van der Waals surface area contributed by atoms with Crippen LogP contribution in [-0.4, -0.2) is 71.8 Å². The van der Waals surface area contributed by atoms with Crippen LogP contribution in [-0.2, 0) is 40.5 Å². The highest BCUT2D eigenvalue weighted by Gasteiger charge is 2.10. The van der Waals surface area contributed by atoms with E-state index in [0.717, 1.165) is 67.1 Å². The second-order valence-electron chi connectivity index (χ2n) is 15.1. The van der Waals surface area contributed by atoms with E-state index in [9.17, 15) is 33.7 Å². The van der Waals surface area contributed by atoms with Gasteiger partial charge in [-0.1, -0.05) is 70.8 Å². The Kier molecular flexibility index (Phi) is 17.1. The molecule has 0 saturated heterocycles. The van der Waals surface area contributed by atoms with Crippen molar-refractivity contribution in [2.45, 2.75) is 47.3 Å². The molecular formula is C48H46N4O12S4. The zero-order valence-corrected chi connectivity index (χ0v) is 40.0. The van der Waals surface area contributed by atoms with Gasteiger partial charge in [0.25, 0.3) is 40.5 Å². The average Bonchev–Trinajstić information content (AvgIpc) is 4.09. The Morgan fingerprint density at radius 2 is 0.485 bits per heavy atom. The third-order valence-corrected chi connectivity index (χ3v) is 12.8. The highest BCUT2D eigenvalue weighted by atomic mass is 32.2. The molecule has 68 heavy (non-hydrogen) atoms. The van der Waals surface area contributed by atoms with Crippen LogP contribution in [0.2, 0.25) is 0 Å². The van der Waals surface area contributed by atoms with E-state index in [4.69, 9.17) is 18.2 Å². The topological polar surface area (TPSA) is 275 Å². The Hall–Kier alpha value is -6.88. The van der Waals surface area contributed by atoms with Crippen LogP contribution < -0.4 is 0 Å². The van der Waals surface area contributed by atoms with E-state index in [1.54, 1.807) is 48.5 Å². The lowest BCUT2D eigenvalue weighted by molar-refractivity contribution is 0.481. The van der Waals surface area contributed by atoms with Crippen LogP contribution >= 0.6 is 0 Å². The van der Waals surface area contributed by atoms with Crippen LogP contribution in [0.25, 0.3) is 46.4 Å². The van der Waals surface area contributed by atoms with E-state index in [0.29, 0.717) is 0 Å². The van der Waals surface area contributed by atoms with Crippen molar-refractivity contribution in [3.05, 3.63) is 191 Å². The van der Waals surface area contributed by atoms with Crippen molar-refractivity contribution in [3.63, 3.8) is 0 Å². The minimum atomic E-state index is -4.02. The molecule has 0 spiro atoms. The number of hydrogen-bond donors (Lipinski definition) is 6. The van der Waals surface area contributed by atoms with Gasteiger partial charge in [0, 0.05) is 22.1 Å². The highest BCUT2D eigenvalue weighted by molar-refractivity contribution is 7.86. The molecule has 2 aliphatic heterocycles. The lowest BCUT2D eigenvalue weighted by Gasteiger charge is -1.95. The number of aromatic amines is 2. The number of nitrogens with zero attached hydrogens (tertiary/aromatic N) is 2. The Bertz CT molecular complexity index is 3100. The Balaban J connectivity index is 0.000000169. The summed E-state index contributed by atoms with van der Waals surface area (Å²) in [5.74, 6) is 0. The fourth-order valence-corrected chi connectivity index (χ4v) is 7.70. The van der Waals surface area contributed by atoms with E-state index in [2.05, 4.69) is 44.2 Å². The van der Waals surface area contributed by atoms with E-state index >= 15 is 0 Å². The standard InChI is InChI=1S/C20H14N4.4C7H8O3S/c1-2-14-10-16-5-6-18(23-16)12-20-8-7-19(24-20)11-17-4-3-15(22-17)9-13(1)21-14;4*1-6-2-4-7(5-3-6)11(8,9)10/h1-12,21,24H;4*2-5H,1H3,(H,8,9,10). The summed E-state index contributed by atoms with van der Waals surface area (Å²) < 4.78 is 118. The van der Waals surface area contributed by atoms with Crippen LogP contribution in [0.15, 0.2) is 165 Å². The summed E-state index contributed by atoms with van der Waals surface area (Å²) in [7, 11) is -16.1. The van der Waals surface area contributed by atoms with Gasteiger partial charge in [-0.25, -0.2) is 9.97 Å². The molecule has 0 unspecified atom stereocenters. The van der Waals surface area contributed by atoms with Gasteiger partial charge < -0.3 is 9.97 Å². The first kappa shape index (κ1) is 52.1. The zero-order chi connectivity index (χ0) is 49.9. The van der Waals surface area contributed by atoms with Crippen molar-refractivity contribution in [2.75, 3.05) is 0 Å². The molecule has 0 atom stereocenters. The number of aryl methyl sites for hydroxylation is 4. The van der Waals surface area contributed by atoms with Gasteiger partial charge in [-0.05, 0) is 149 Å². The van der Waals surface area contributed by atoms with Gasteiger partial charge in [0.05, 0.1) is 42.4 Å². The second kappa shape index (κ2) is 22.3. The van der Waals surface area contributed by atoms with E-state index < -0.39 is 40.5 Å². The van der Waals surface area contributed by atoms with Crippen LogP contribution in [0.4, 0.5) is 0 Å². The summed E-state index contributed by atoms with van der Waals surface area (Å²) in [4.78, 5) is 15.8. The molecule has 9 rings (SSSR count). The molecule has 3 aromatic heterocycles. The van der Waals surface area contributed by atoms with Gasteiger partial charge >= 0.3 is 0 Å². The summed E-state index contributed by atoms with van der Waals surface area (Å²) in [5.41, 5.74) is 11.7. The minimum Gasteiger partial charge on any atom is -0.355 e. The Morgan fingerprint density at radius 1 is 0.309 bits per heavy atom. The normalized spacial score (nSPS) is 11.9. The lowest BCUT2D eigenvalue weighted by Crippen LogP contribution is -1.96. The molecule has 0 radical (unpaired) electrons. The van der Waals surface area contributed by atoms with Crippen LogP contribution in [0.1, 0.15) is 45.0 Å². The Labute approximate surface area is 394 Å². The molecule has 0 fully saturated rings. The van der Waals surface area contributed by atoms with Gasteiger partial charge in [-0.15, -0.1) is 0 Å². The fourth-order valence-electron chi connectivity index (χ4n) is 5.78. The monoisotopic (exact) mass is 998 g/mol. The van der Waals surface area contributed by atoms with Gasteiger partial charge in [0.15, 0.2) is 0 Å². The van der Waals surface area contributed by atoms with Crippen molar-refractivity contribution >= 4 is 86.8 Å². The third kappa shape index (κ3) is 16.8. The van der Waals surface area contributed by atoms with Crippen molar-refractivity contribution in [1.82, 2.24) is 19.9 Å². The van der Waals surface area contributed by atoms with Crippen molar-refractivity contribution < 1.29 is 51.9 Å². The highest BCUT2D eigenvalue weighted by Crippen LogP contribution is 2.18. The molecule has 6 N–H and O–H groups in total. The molecule has 0 aliphatic carbocycles. The summed E-state index contributed by atoms with van der Waals surface area (Å²) in [6.07, 6.45) is 8.09. The number of aromatic nitrogens is 4. The summed E-state index contributed by atoms with van der Waals surface area (Å²) in [5, 5.41) is 0. The molecule has 8 bridgehead atoms. The Morgan fingerprint density at radius 3 is 0.647 bits per heavy atom. The van der Waals surface area contributed by atoms with Gasteiger partial charge in [0.2, 0.25) is 0 Å². The van der Waals surface area contributed by atoms with Crippen LogP contribution in [0.5, 0.6) is 0 Å². The molecule has 7 aromatic rings. The maximum atomic E-state index is 10.5. The molecule has 16 nitrogen and oxygen atoms in total. The first-order valence-corrected chi connectivity index (χ1v) is 25.8. The smallest absolute Gasteiger partial charge is 0.294 e. The molecule has 0 amide bonds. The predicted octanol–water partition coefficient (Wildman–Crippen LogP) is 9.62. The maximum absolute atomic E-state index is 10.5. The molecule has 5 heterocycles. The van der Waals surface area contributed by atoms with E-state index in [-0.39, 0.29) is 19.6 Å². The van der Waals surface area contributed by atoms with Crippen LogP contribution in [0, 0.1) is 27.7 Å². The first-order chi connectivity index (χ1) is 31.8. The van der Waals surface area contributed by atoms with Gasteiger partial charge in [0.1, 0.15) is 0 Å². The number of rotatable bonds is 4. The molecule has 2 aliphatic rings. The number of fused-ring (bicyclic) bond motifs is 8. The number of benzene rings is 4.